The summed E-state index contributed by atoms with van der Waals surface area (Å²) in [5.74, 6) is 0. The molecule has 0 spiro atoms. The van der Waals surface area contributed by atoms with Gasteiger partial charge in [-0.2, -0.15) is 0 Å². The van der Waals surface area contributed by atoms with Crippen LogP contribution >= 0.6 is 12.2 Å². The molecule has 1 aromatic rings. The summed E-state index contributed by atoms with van der Waals surface area (Å²) in [4.78, 5) is 0.759. The van der Waals surface area contributed by atoms with Gasteiger partial charge in [-0.15, -0.1) is 0 Å². The summed E-state index contributed by atoms with van der Waals surface area (Å²) in [6.45, 7) is 1.84. The molecule has 0 aliphatic carbocycles. The Morgan fingerprint density at radius 2 is 1.91 bits per heavy atom. The topological polar surface area (TPSA) is 38.0 Å². The third-order valence-electron chi connectivity index (χ3n) is 1.23. The maximum atomic E-state index is 5.50. The van der Waals surface area contributed by atoms with E-state index < -0.39 is 0 Å². The van der Waals surface area contributed by atoms with Crippen molar-refractivity contribution in [1.82, 2.24) is 0 Å². The summed E-state index contributed by atoms with van der Waals surface area (Å²) in [5.41, 5.74) is 7.24. The second-order valence-corrected chi connectivity index (χ2v) is 2.92. The quantitative estimate of drug-likeness (QED) is 0.495. The van der Waals surface area contributed by atoms with Gasteiger partial charge in [-0.1, -0.05) is 12.2 Å². The van der Waals surface area contributed by atoms with Crippen LogP contribution in [-0.4, -0.2) is 4.99 Å². The minimum absolute atomic E-state index is 0.759. The van der Waals surface area contributed by atoms with Crippen LogP contribution in [0.25, 0.3) is 0 Å². The molecule has 58 valence electrons. The lowest BCUT2D eigenvalue weighted by Crippen LogP contribution is -2.02. The molecule has 2 nitrogen and oxygen atoms in total. The van der Waals surface area contributed by atoms with Crippen LogP contribution in [0.1, 0.15) is 6.92 Å². The number of nitrogen functional groups attached to an aromatic ring is 1. The molecule has 0 heterocycles. The third-order valence-corrected chi connectivity index (χ3v) is 1.33. The van der Waals surface area contributed by atoms with E-state index in [1.54, 1.807) is 0 Å². The molecule has 1 aromatic carbocycles. The van der Waals surface area contributed by atoms with Crippen LogP contribution in [0.5, 0.6) is 0 Å². The number of hydrogen-bond donors (Lipinski definition) is 2. The molecule has 0 radical (unpaired) electrons. The standard InChI is InChI=1S/C8H10N2S/c1-6(11)10-8-4-2-7(9)3-5-8/h2-5H,9H2,1H3,(H,10,11). The SMILES string of the molecule is CC(=S)Nc1ccc(N)cc1. The van der Waals surface area contributed by atoms with Crippen LogP contribution < -0.4 is 11.1 Å². The Morgan fingerprint density at radius 3 is 2.36 bits per heavy atom. The van der Waals surface area contributed by atoms with E-state index >= 15 is 0 Å². The molecular formula is C8H10N2S. The molecule has 0 unspecified atom stereocenters. The van der Waals surface area contributed by atoms with E-state index in [0.29, 0.717) is 0 Å². The molecule has 0 fully saturated rings. The monoisotopic (exact) mass is 166 g/mol. The van der Waals surface area contributed by atoms with Gasteiger partial charge in [0, 0.05) is 11.4 Å². The van der Waals surface area contributed by atoms with Gasteiger partial charge >= 0.3 is 0 Å². The fraction of sp³-hybridized carbons (Fsp3) is 0.125. The Hall–Kier alpha value is -1.09. The summed E-state index contributed by atoms with van der Waals surface area (Å²) >= 11 is 4.87. The molecule has 1 rings (SSSR count). The van der Waals surface area contributed by atoms with Crippen LogP contribution in [0.3, 0.4) is 0 Å². The average Bonchev–Trinajstić information content (AvgIpc) is 1.93. The Morgan fingerprint density at radius 1 is 1.36 bits per heavy atom. The molecule has 0 saturated carbocycles. The van der Waals surface area contributed by atoms with Crippen molar-refractivity contribution in [2.45, 2.75) is 6.92 Å². The van der Waals surface area contributed by atoms with E-state index in [9.17, 15) is 0 Å². The van der Waals surface area contributed by atoms with Crippen LogP contribution in [-0.2, 0) is 0 Å². The Balaban J connectivity index is 2.74. The Labute approximate surface area is 71.4 Å². The lowest BCUT2D eigenvalue weighted by atomic mass is 10.3. The van der Waals surface area contributed by atoms with Gasteiger partial charge in [-0.05, 0) is 31.2 Å². The zero-order chi connectivity index (χ0) is 8.27. The fourth-order valence-electron chi connectivity index (χ4n) is 0.770. The van der Waals surface area contributed by atoms with Gasteiger partial charge in [0.2, 0.25) is 0 Å². The Kier molecular flexibility index (Phi) is 2.44. The molecule has 3 N–H and O–H groups in total. The van der Waals surface area contributed by atoms with Crippen LogP contribution in [0.4, 0.5) is 11.4 Å². The largest absolute Gasteiger partial charge is 0.399 e. The van der Waals surface area contributed by atoms with Gasteiger partial charge in [-0.25, -0.2) is 0 Å². The number of rotatable bonds is 1. The first-order valence-electron chi connectivity index (χ1n) is 3.31. The molecule has 0 saturated heterocycles. The minimum atomic E-state index is 0.759. The van der Waals surface area contributed by atoms with Gasteiger partial charge in [0.25, 0.3) is 0 Å². The lowest BCUT2D eigenvalue weighted by molar-refractivity contribution is 1.62. The lowest BCUT2D eigenvalue weighted by Gasteiger charge is -2.02. The van der Waals surface area contributed by atoms with Crippen molar-refractivity contribution in [3.8, 4) is 0 Å². The molecule has 0 atom stereocenters. The normalized spacial score (nSPS) is 9.18. The number of nitrogens with two attached hydrogens (primary N) is 1. The summed E-state index contributed by atoms with van der Waals surface area (Å²) in [5, 5.41) is 3.01. The summed E-state index contributed by atoms with van der Waals surface area (Å²) in [6.07, 6.45) is 0. The van der Waals surface area contributed by atoms with Gasteiger partial charge in [0.1, 0.15) is 0 Å². The highest BCUT2D eigenvalue weighted by Crippen LogP contribution is 2.09. The second-order valence-electron chi connectivity index (χ2n) is 2.30. The van der Waals surface area contributed by atoms with Crippen LogP contribution in [0.15, 0.2) is 24.3 Å². The van der Waals surface area contributed by atoms with Crippen molar-refractivity contribution >= 4 is 28.6 Å². The van der Waals surface area contributed by atoms with Crippen molar-refractivity contribution in [1.29, 1.82) is 0 Å². The number of nitrogens with one attached hydrogen (secondary N) is 1. The summed E-state index contributed by atoms with van der Waals surface area (Å²) < 4.78 is 0. The molecule has 3 heteroatoms. The maximum absolute atomic E-state index is 5.50. The van der Waals surface area contributed by atoms with E-state index in [0.717, 1.165) is 16.4 Å². The Bertz CT molecular complexity index is 253. The van der Waals surface area contributed by atoms with Gasteiger partial charge in [0.15, 0.2) is 0 Å². The molecule has 11 heavy (non-hydrogen) atoms. The van der Waals surface area contributed by atoms with E-state index in [4.69, 9.17) is 18.0 Å². The van der Waals surface area contributed by atoms with Crippen molar-refractivity contribution in [3.05, 3.63) is 24.3 Å². The van der Waals surface area contributed by atoms with Gasteiger partial charge in [-0.3, -0.25) is 0 Å². The molecule has 0 bridgehead atoms. The fourth-order valence-corrected chi connectivity index (χ4v) is 0.888. The second kappa shape index (κ2) is 3.34. The van der Waals surface area contributed by atoms with Crippen LogP contribution in [0.2, 0.25) is 0 Å². The number of anilines is 2. The maximum Gasteiger partial charge on any atom is 0.0765 e. The smallest absolute Gasteiger partial charge is 0.0765 e. The third kappa shape index (κ3) is 2.55. The summed E-state index contributed by atoms with van der Waals surface area (Å²) in [6, 6.07) is 7.46. The summed E-state index contributed by atoms with van der Waals surface area (Å²) in [7, 11) is 0. The first kappa shape index (κ1) is 8.01. The first-order valence-corrected chi connectivity index (χ1v) is 3.72. The molecule has 0 amide bonds. The molecule has 0 aromatic heterocycles. The zero-order valence-electron chi connectivity index (χ0n) is 6.29. The molecular weight excluding hydrogens is 156 g/mol. The van der Waals surface area contributed by atoms with E-state index in [1.807, 2.05) is 31.2 Å². The van der Waals surface area contributed by atoms with E-state index in [2.05, 4.69) is 5.32 Å². The van der Waals surface area contributed by atoms with Crippen LogP contribution in [0, 0.1) is 0 Å². The van der Waals surface area contributed by atoms with Crippen molar-refractivity contribution in [3.63, 3.8) is 0 Å². The van der Waals surface area contributed by atoms with Gasteiger partial charge < -0.3 is 11.1 Å². The average molecular weight is 166 g/mol. The molecule has 0 aliphatic heterocycles. The van der Waals surface area contributed by atoms with E-state index in [-0.39, 0.29) is 0 Å². The predicted molar refractivity (Wildman–Crippen MR) is 52.7 cm³/mol. The minimum Gasteiger partial charge on any atom is -0.399 e. The zero-order valence-corrected chi connectivity index (χ0v) is 7.11. The number of thiocarbonyl (C=S) groups is 1. The highest BCUT2D eigenvalue weighted by molar-refractivity contribution is 7.80. The highest BCUT2D eigenvalue weighted by Gasteiger charge is 1.90. The molecule has 0 aliphatic rings. The van der Waals surface area contributed by atoms with Crippen molar-refractivity contribution in [2.24, 2.45) is 0 Å². The van der Waals surface area contributed by atoms with Gasteiger partial charge in [0.05, 0.1) is 4.99 Å². The first-order chi connectivity index (χ1) is 5.18. The highest BCUT2D eigenvalue weighted by atomic mass is 32.1. The van der Waals surface area contributed by atoms with Crippen molar-refractivity contribution in [2.75, 3.05) is 11.1 Å². The van der Waals surface area contributed by atoms with Crippen molar-refractivity contribution < 1.29 is 0 Å². The number of hydrogen-bond acceptors (Lipinski definition) is 2. The predicted octanol–water partition coefficient (Wildman–Crippen LogP) is 2.03. The van der Waals surface area contributed by atoms with E-state index in [1.165, 1.54) is 0 Å². The number of benzene rings is 1.